The number of H-pyrrole nitrogens is 1. The maximum Gasteiger partial charge on any atom is 0.408 e. The van der Waals surface area contributed by atoms with E-state index in [0.29, 0.717) is 23.5 Å². The molecule has 1 aliphatic carbocycles. The summed E-state index contributed by atoms with van der Waals surface area (Å²) >= 11 is 6.25. The van der Waals surface area contributed by atoms with E-state index in [1.165, 1.54) is 11.8 Å². The zero-order chi connectivity index (χ0) is 34.3. The molecule has 2 aromatic carbocycles. The quantitative estimate of drug-likeness (QED) is 0.199. The third kappa shape index (κ3) is 6.52. The van der Waals surface area contributed by atoms with Gasteiger partial charge in [0.2, 0.25) is 0 Å². The van der Waals surface area contributed by atoms with Crippen LogP contribution in [-0.4, -0.2) is 56.6 Å². The lowest BCUT2D eigenvalue weighted by Crippen LogP contribution is -2.48. The highest BCUT2D eigenvalue weighted by atomic mass is 35.5. The second-order valence-corrected chi connectivity index (χ2v) is 14.0. The number of ether oxygens (including phenoxy) is 3. The maximum absolute atomic E-state index is 13.0. The summed E-state index contributed by atoms with van der Waals surface area (Å²) in [7, 11) is 1.63. The lowest BCUT2D eigenvalue weighted by molar-refractivity contribution is 0.0428. The lowest BCUT2D eigenvalue weighted by Gasteiger charge is -2.43. The Morgan fingerprint density at radius 1 is 1.10 bits per heavy atom. The fraction of sp³-hybridized carbons (Fsp3) is 0.361. The molecule has 1 amide bonds. The van der Waals surface area contributed by atoms with Crippen LogP contribution in [0.15, 0.2) is 71.8 Å². The van der Waals surface area contributed by atoms with Crippen LogP contribution >= 0.6 is 11.6 Å². The van der Waals surface area contributed by atoms with Gasteiger partial charge in [-0.3, -0.25) is 4.79 Å². The number of nitrogens with zero attached hydrogens (tertiary/aromatic N) is 5. The van der Waals surface area contributed by atoms with Crippen LogP contribution in [0, 0.1) is 5.41 Å². The van der Waals surface area contributed by atoms with Crippen LogP contribution in [0.25, 0.3) is 11.2 Å². The van der Waals surface area contributed by atoms with Crippen LogP contribution in [0.4, 0.5) is 10.6 Å². The van der Waals surface area contributed by atoms with Gasteiger partial charge < -0.3 is 29.4 Å². The standard InChI is InChI=1S/C36H38ClN7O5/c1-35(2,3)49-34(46)41-30-25-8-6-5-7-23(25)19-36(30)14-17-43(18-15-36)27-20-39-29-31(40-27)44(21-22-9-11-24(47-4)12-10-22)42-33(29)48-26-13-16-38-32(45)28(26)37/h5-13,16,20,30H,14-15,17-19,21H2,1-4H3,(H,38,45)(H,41,46)/t30-/m1/s1. The number of hydrogen-bond acceptors (Lipinski definition) is 9. The van der Waals surface area contributed by atoms with Gasteiger partial charge in [-0.05, 0) is 74.9 Å². The molecule has 12 nitrogen and oxygen atoms in total. The second-order valence-electron chi connectivity index (χ2n) is 13.6. The summed E-state index contributed by atoms with van der Waals surface area (Å²) in [5.41, 5.74) is 3.14. The molecule has 0 saturated carbocycles. The molecule has 4 heterocycles. The number of pyridine rings is 1. The number of anilines is 1. The van der Waals surface area contributed by atoms with Gasteiger partial charge in [0.15, 0.2) is 16.9 Å². The van der Waals surface area contributed by atoms with E-state index in [0.717, 1.165) is 49.2 Å². The molecule has 49 heavy (non-hydrogen) atoms. The van der Waals surface area contributed by atoms with Gasteiger partial charge in [-0.15, -0.1) is 5.10 Å². The molecule has 254 valence electrons. The lowest BCUT2D eigenvalue weighted by atomic mass is 9.72. The number of rotatable bonds is 7. The normalized spacial score (nSPS) is 16.8. The van der Waals surface area contributed by atoms with E-state index in [4.69, 9.17) is 40.9 Å². The van der Waals surface area contributed by atoms with Gasteiger partial charge in [-0.1, -0.05) is 48.0 Å². The summed E-state index contributed by atoms with van der Waals surface area (Å²) in [5, 5.41) is 7.86. The highest BCUT2D eigenvalue weighted by Crippen LogP contribution is 2.52. The minimum Gasteiger partial charge on any atom is -0.497 e. The third-order valence-corrected chi connectivity index (χ3v) is 9.59. The van der Waals surface area contributed by atoms with Gasteiger partial charge in [0.05, 0.1) is 25.9 Å². The molecule has 13 heteroatoms. The number of piperidine rings is 1. The number of methoxy groups -OCH3 is 1. The molecule has 0 radical (unpaired) electrons. The van der Waals surface area contributed by atoms with Crippen LogP contribution in [0.5, 0.6) is 17.4 Å². The van der Waals surface area contributed by atoms with E-state index in [1.807, 2.05) is 51.1 Å². The molecule has 2 aliphatic rings. The first-order valence-electron chi connectivity index (χ1n) is 16.3. The van der Waals surface area contributed by atoms with Crippen LogP contribution in [0.3, 0.4) is 0 Å². The van der Waals surface area contributed by atoms with Crippen molar-refractivity contribution in [2.24, 2.45) is 5.41 Å². The topological polar surface area (TPSA) is 136 Å². The number of amides is 1. The number of alkyl carbamates (subject to hydrolysis) is 1. The van der Waals surface area contributed by atoms with Crippen molar-refractivity contribution >= 4 is 34.7 Å². The highest BCUT2D eigenvalue weighted by molar-refractivity contribution is 6.31. The number of hydrogen-bond donors (Lipinski definition) is 2. The SMILES string of the molecule is COc1ccc(Cn2nc(Oc3cc[nH]c(=O)c3Cl)c3ncc(N4CCC5(CC4)Cc4ccccc4[C@H]5NC(=O)OC(C)(C)C)nc32)cc1. The molecule has 1 spiro atoms. The van der Waals surface area contributed by atoms with E-state index < -0.39 is 17.3 Å². The Balaban J connectivity index is 1.17. The molecule has 1 fully saturated rings. The summed E-state index contributed by atoms with van der Waals surface area (Å²) in [5.74, 6) is 1.82. The molecule has 5 aromatic rings. The van der Waals surface area contributed by atoms with Crippen LogP contribution in [0.2, 0.25) is 5.02 Å². The van der Waals surface area contributed by atoms with Crippen molar-refractivity contribution in [1.29, 1.82) is 0 Å². The van der Waals surface area contributed by atoms with Gasteiger partial charge in [-0.25, -0.2) is 19.4 Å². The molecule has 0 unspecified atom stereocenters. The Morgan fingerprint density at radius 2 is 1.86 bits per heavy atom. The van der Waals surface area contributed by atoms with E-state index in [9.17, 15) is 9.59 Å². The summed E-state index contributed by atoms with van der Waals surface area (Å²) < 4.78 is 18.8. The van der Waals surface area contributed by atoms with Crippen molar-refractivity contribution in [3.63, 3.8) is 0 Å². The number of benzene rings is 2. The Hall–Kier alpha value is -5.10. The number of aromatic nitrogens is 5. The number of carbonyl (C=O) groups excluding carboxylic acids is 1. The van der Waals surface area contributed by atoms with Crippen LogP contribution < -0.4 is 25.2 Å². The van der Waals surface area contributed by atoms with Crippen molar-refractivity contribution < 1.29 is 19.0 Å². The summed E-state index contributed by atoms with van der Waals surface area (Å²) in [4.78, 5) is 39.7. The predicted octanol–water partition coefficient (Wildman–Crippen LogP) is 6.43. The zero-order valence-corrected chi connectivity index (χ0v) is 28.6. The maximum atomic E-state index is 13.0. The third-order valence-electron chi connectivity index (χ3n) is 9.23. The molecule has 0 bridgehead atoms. The average Bonchev–Trinajstić information content (AvgIpc) is 3.56. The number of halogens is 1. The van der Waals surface area contributed by atoms with Crippen molar-refractivity contribution in [2.75, 3.05) is 25.1 Å². The molecular weight excluding hydrogens is 646 g/mol. The molecule has 3 aromatic heterocycles. The minimum atomic E-state index is -0.591. The zero-order valence-electron chi connectivity index (χ0n) is 27.8. The number of fused-ring (bicyclic) bond motifs is 2. The monoisotopic (exact) mass is 683 g/mol. The number of nitrogens with one attached hydrogen (secondary N) is 2. The van der Waals surface area contributed by atoms with Gasteiger partial charge in [-0.2, -0.15) is 0 Å². The van der Waals surface area contributed by atoms with E-state index in [1.54, 1.807) is 24.1 Å². The van der Waals surface area contributed by atoms with Crippen molar-refractivity contribution in [2.45, 2.75) is 58.2 Å². The second kappa shape index (κ2) is 12.7. The summed E-state index contributed by atoms with van der Waals surface area (Å²) in [6.45, 7) is 7.45. The fourth-order valence-corrected chi connectivity index (χ4v) is 7.01. The van der Waals surface area contributed by atoms with Crippen LogP contribution in [0.1, 0.15) is 56.3 Å². The first-order chi connectivity index (χ1) is 23.5. The summed E-state index contributed by atoms with van der Waals surface area (Å²) in [6, 6.07) is 17.5. The number of aromatic amines is 1. The molecule has 1 aliphatic heterocycles. The van der Waals surface area contributed by atoms with Crippen molar-refractivity contribution in [3.8, 4) is 17.4 Å². The highest BCUT2D eigenvalue weighted by Gasteiger charge is 2.48. The Morgan fingerprint density at radius 3 is 2.59 bits per heavy atom. The number of carbonyl (C=O) groups is 1. The van der Waals surface area contributed by atoms with Crippen LogP contribution in [-0.2, 0) is 17.7 Å². The van der Waals surface area contributed by atoms with E-state index in [-0.39, 0.29) is 28.1 Å². The Labute approximate surface area is 288 Å². The van der Waals surface area contributed by atoms with E-state index >= 15 is 0 Å². The van der Waals surface area contributed by atoms with Gasteiger partial charge >= 0.3 is 6.09 Å². The smallest absolute Gasteiger partial charge is 0.408 e. The first kappa shape index (κ1) is 32.4. The fourth-order valence-electron chi connectivity index (χ4n) is 6.86. The summed E-state index contributed by atoms with van der Waals surface area (Å²) in [6.07, 6.45) is 5.33. The van der Waals surface area contributed by atoms with Gasteiger partial charge in [0.1, 0.15) is 22.2 Å². The van der Waals surface area contributed by atoms with Gasteiger partial charge in [0, 0.05) is 24.7 Å². The predicted molar refractivity (Wildman–Crippen MR) is 186 cm³/mol. The average molecular weight is 684 g/mol. The van der Waals surface area contributed by atoms with E-state index in [2.05, 4.69) is 33.4 Å². The van der Waals surface area contributed by atoms with Crippen molar-refractivity contribution in [1.82, 2.24) is 30.0 Å². The van der Waals surface area contributed by atoms with Gasteiger partial charge in [0.25, 0.3) is 11.4 Å². The molecular formula is C36H38ClN7O5. The first-order valence-corrected chi connectivity index (χ1v) is 16.6. The molecule has 7 rings (SSSR count). The minimum absolute atomic E-state index is 0.0827. The molecule has 2 N–H and O–H groups in total. The Bertz CT molecular complexity index is 2060. The Kier molecular flexibility index (Phi) is 8.43. The molecule has 1 atom stereocenters. The largest absolute Gasteiger partial charge is 0.497 e. The molecule has 1 saturated heterocycles. The van der Waals surface area contributed by atoms with Crippen molar-refractivity contribution in [3.05, 3.63) is 99.1 Å².